The fraction of sp³-hybridized carbons (Fsp3) is 0.455. The van der Waals surface area contributed by atoms with Crippen molar-refractivity contribution in [2.75, 3.05) is 6.54 Å². The first kappa shape index (κ1) is 12.3. The van der Waals surface area contributed by atoms with Gasteiger partial charge < -0.3 is 14.4 Å². The Balaban J connectivity index is 2.84. The fourth-order valence-corrected chi connectivity index (χ4v) is 1.35. The van der Waals surface area contributed by atoms with E-state index in [9.17, 15) is 9.59 Å². The van der Waals surface area contributed by atoms with Crippen LogP contribution in [0, 0.1) is 0 Å². The lowest BCUT2D eigenvalue weighted by molar-refractivity contribution is -0.138. The van der Waals surface area contributed by atoms with Crippen LogP contribution in [-0.4, -0.2) is 34.5 Å². The summed E-state index contributed by atoms with van der Waals surface area (Å²) >= 11 is 0. The number of carbonyl (C=O) groups excluding carboxylic acids is 1. The number of hydrogen-bond donors (Lipinski definition) is 1. The van der Waals surface area contributed by atoms with E-state index in [-0.39, 0.29) is 18.5 Å². The summed E-state index contributed by atoms with van der Waals surface area (Å²) in [4.78, 5) is 24.0. The molecule has 0 fully saturated rings. The van der Waals surface area contributed by atoms with E-state index in [2.05, 4.69) is 0 Å². The average molecular weight is 225 g/mol. The molecule has 1 heterocycles. The molecule has 0 aliphatic rings. The van der Waals surface area contributed by atoms with E-state index < -0.39 is 5.97 Å². The molecule has 1 amide bonds. The van der Waals surface area contributed by atoms with Crippen LogP contribution in [0.5, 0.6) is 0 Å². The first-order valence-electron chi connectivity index (χ1n) is 5.11. The second kappa shape index (κ2) is 5.34. The average Bonchev–Trinajstić information content (AvgIpc) is 2.77. The molecule has 5 heteroatoms. The minimum absolute atomic E-state index is 0.113. The third-order valence-electron chi connectivity index (χ3n) is 2.46. The molecular weight excluding hydrogens is 210 g/mol. The van der Waals surface area contributed by atoms with Gasteiger partial charge in [-0.2, -0.15) is 0 Å². The number of carboxylic acids is 1. The van der Waals surface area contributed by atoms with E-state index >= 15 is 0 Å². The van der Waals surface area contributed by atoms with Crippen LogP contribution in [0.1, 0.15) is 30.6 Å². The van der Waals surface area contributed by atoms with Crippen molar-refractivity contribution in [3.63, 3.8) is 0 Å². The quantitative estimate of drug-likeness (QED) is 0.826. The molecule has 5 nitrogen and oxygen atoms in total. The molecule has 1 rings (SSSR count). The van der Waals surface area contributed by atoms with Crippen molar-refractivity contribution in [1.29, 1.82) is 0 Å². The molecule has 0 spiro atoms. The Labute approximate surface area is 93.7 Å². The second-order valence-electron chi connectivity index (χ2n) is 3.60. The summed E-state index contributed by atoms with van der Waals surface area (Å²) in [5.74, 6) is -1.33. The predicted octanol–water partition coefficient (Wildman–Crippen LogP) is 1.60. The van der Waals surface area contributed by atoms with Crippen molar-refractivity contribution < 1.29 is 19.1 Å². The van der Waals surface area contributed by atoms with Gasteiger partial charge in [-0.05, 0) is 19.4 Å². The Bertz CT molecular complexity index is 358. The maximum absolute atomic E-state index is 11.9. The molecule has 0 aromatic carbocycles. The van der Waals surface area contributed by atoms with Crippen LogP contribution >= 0.6 is 0 Å². The Kier molecular flexibility index (Phi) is 4.10. The third-order valence-corrected chi connectivity index (χ3v) is 2.46. The molecule has 0 bridgehead atoms. The number of amides is 1. The van der Waals surface area contributed by atoms with E-state index in [0.29, 0.717) is 12.0 Å². The summed E-state index contributed by atoms with van der Waals surface area (Å²) in [6.45, 7) is 3.43. The minimum atomic E-state index is -1.02. The maximum Gasteiger partial charge on any atom is 0.323 e. The summed E-state index contributed by atoms with van der Waals surface area (Å²) in [6.07, 6.45) is 3.42. The zero-order chi connectivity index (χ0) is 12.1. The van der Waals surface area contributed by atoms with Crippen molar-refractivity contribution in [1.82, 2.24) is 4.90 Å². The molecule has 1 aromatic rings. The van der Waals surface area contributed by atoms with Crippen LogP contribution in [0.15, 0.2) is 23.0 Å². The van der Waals surface area contributed by atoms with Gasteiger partial charge in [-0.15, -0.1) is 0 Å². The number of carbonyl (C=O) groups is 2. The van der Waals surface area contributed by atoms with Crippen LogP contribution in [0.3, 0.4) is 0 Å². The molecule has 0 radical (unpaired) electrons. The van der Waals surface area contributed by atoms with Gasteiger partial charge in [0.25, 0.3) is 5.91 Å². The topological polar surface area (TPSA) is 70.8 Å². The number of hydrogen-bond acceptors (Lipinski definition) is 3. The largest absolute Gasteiger partial charge is 0.480 e. The molecule has 0 aliphatic carbocycles. The maximum atomic E-state index is 11.9. The molecule has 0 saturated heterocycles. The molecule has 1 unspecified atom stereocenters. The minimum Gasteiger partial charge on any atom is -0.480 e. The van der Waals surface area contributed by atoms with Gasteiger partial charge in [-0.25, -0.2) is 0 Å². The van der Waals surface area contributed by atoms with Crippen molar-refractivity contribution in [3.8, 4) is 0 Å². The number of nitrogens with zero attached hydrogens (tertiary/aromatic N) is 1. The SMILES string of the molecule is CCC(C)N(CC(=O)O)C(=O)c1ccoc1. The van der Waals surface area contributed by atoms with E-state index in [1.54, 1.807) is 0 Å². The highest BCUT2D eigenvalue weighted by Crippen LogP contribution is 2.11. The van der Waals surface area contributed by atoms with E-state index in [1.165, 1.54) is 23.5 Å². The number of carboxylic acid groups (broad SMARTS) is 1. The third kappa shape index (κ3) is 2.85. The zero-order valence-corrected chi connectivity index (χ0v) is 9.34. The summed E-state index contributed by atoms with van der Waals surface area (Å²) < 4.78 is 4.81. The van der Waals surface area contributed by atoms with Crippen molar-refractivity contribution >= 4 is 11.9 Å². The lowest BCUT2D eigenvalue weighted by atomic mass is 10.2. The van der Waals surface area contributed by atoms with E-state index in [0.717, 1.165) is 0 Å². The zero-order valence-electron chi connectivity index (χ0n) is 9.34. The summed E-state index contributed by atoms with van der Waals surface area (Å²) in [6, 6.07) is 1.41. The van der Waals surface area contributed by atoms with E-state index in [1.807, 2.05) is 13.8 Å². The van der Waals surface area contributed by atoms with Crippen LogP contribution in [-0.2, 0) is 4.79 Å². The van der Waals surface area contributed by atoms with Crippen LogP contribution in [0.25, 0.3) is 0 Å². The van der Waals surface area contributed by atoms with Crippen LogP contribution in [0.2, 0.25) is 0 Å². The lowest BCUT2D eigenvalue weighted by Crippen LogP contribution is -2.41. The normalized spacial score (nSPS) is 12.1. The predicted molar refractivity (Wildman–Crippen MR) is 57.1 cm³/mol. The molecule has 0 aliphatic heterocycles. The Morgan fingerprint density at radius 2 is 2.25 bits per heavy atom. The monoisotopic (exact) mass is 225 g/mol. The van der Waals surface area contributed by atoms with Crippen molar-refractivity contribution in [2.24, 2.45) is 0 Å². The summed E-state index contributed by atoms with van der Waals surface area (Å²) in [5, 5.41) is 8.76. The van der Waals surface area contributed by atoms with Gasteiger partial charge in [0.05, 0.1) is 11.8 Å². The number of rotatable bonds is 5. The first-order valence-corrected chi connectivity index (χ1v) is 5.11. The van der Waals surface area contributed by atoms with Gasteiger partial charge in [0.15, 0.2) is 0 Å². The van der Waals surface area contributed by atoms with Gasteiger partial charge >= 0.3 is 5.97 Å². The molecule has 1 atom stereocenters. The van der Waals surface area contributed by atoms with Crippen LogP contribution in [0.4, 0.5) is 0 Å². The first-order chi connectivity index (χ1) is 7.56. The standard InChI is InChI=1S/C11H15NO4/c1-3-8(2)12(6-10(13)14)11(15)9-4-5-16-7-9/h4-5,7-8H,3,6H2,1-2H3,(H,13,14). The summed E-state index contributed by atoms with van der Waals surface area (Å²) in [7, 11) is 0. The van der Waals surface area contributed by atoms with Gasteiger partial charge in [0, 0.05) is 6.04 Å². The highest BCUT2D eigenvalue weighted by Gasteiger charge is 2.23. The highest BCUT2D eigenvalue weighted by molar-refractivity contribution is 5.95. The molecular formula is C11H15NO4. The van der Waals surface area contributed by atoms with E-state index in [4.69, 9.17) is 9.52 Å². The molecule has 88 valence electrons. The molecule has 16 heavy (non-hydrogen) atoms. The van der Waals surface area contributed by atoms with Crippen LogP contribution < -0.4 is 0 Å². The number of aliphatic carboxylic acids is 1. The smallest absolute Gasteiger partial charge is 0.323 e. The molecule has 1 aromatic heterocycles. The Morgan fingerprint density at radius 3 is 2.69 bits per heavy atom. The van der Waals surface area contributed by atoms with Gasteiger partial charge in [0.2, 0.25) is 0 Å². The van der Waals surface area contributed by atoms with Crippen molar-refractivity contribution in [2.45, 2.75) is 26.3 Å². The Hall–Kier alpha value is -1.78. The van der Waals surface area contributed by atoms with Gasteiger partial charge in [0.1, 0.15) is 12.8 Å². The summed E-state index contributed by atoms with van der Waals surface area (Å²) in [5.41, 5.74) is 0.376. The molecule has 1 N–H and O–H groups in total. The number of furan rings is 1. The fourth-order valence-electron chi connectivity index (χ4n) is 1.35. The second-order valence-corrected chi connectivity index (χ2v) is 3.60. The van der Waals surface area contributed by atoms with Gasteiger partial charge in [-0.3, -0.25) is 9.59 Å². The van der Waals surface area contributed by atoms with Crippen molar-refractivity contribution in [3.05, 3.63) is 24.2 Å². The van der Waals surface area contributed by atoms with Gasteiger partial charge in [-0.1, -0.05) is 6.92 Å². The lowest BCUT2D eigenvalue weighted by Gasteiger charge is -2.26. The highest BCUT2D eigenvalue weighted by atomic mass is 16.4. The molecule has 0 saturated carbocycles. The Morgan fingerprint density at radius 1 is 1.56 bits per heavy atom.